The van der Waals surface area contributed by atoms with Gasteiger partial charge in [0, 0.05) is 11.1 Å². The summed E-state index contributed by atoms with van der Waals surface area (Å²) >= 11 is 2.77. The molecule has 0 saturated heterocycles. The molecule has 0 amide bonds. The summed E-state index contributed by atoms with van der Waals surface area (Å²) < 4.78 is 5.15. The third-order valence-electron chi connectivity index (χ3n) is 2.86. The van der Waals surface area contributed by atoms with Gasteiger partial charge in [-0.25, -0.2) is 4.98 Å². The van der Waals surface area contributed by atoms with Crippen molar-refractivity contribution in [1.29, 1.82) is 0 Å². The van der Waals surface area contributed by atoms with Gasteiger partial charge in [-0.05, 0) is 11.5 Å². The molecule has 0 spiro atoms. The maximum Gasteiger partial charge on any atom is 0.174 e. The van der Waals surface area contributed by atoms with E-state index in [-0.39, 0.29) is 5.78 Å². The van der Waals surface area contributed by atoms with Crippen molar-refractivity contribution in [2.24, 2.45) is 0 Å². The van der Waals surface area contributed by atoms with Crippen LogP contribution in [0.15, 0.2) is 65.0 Å². The quantitative estimate of drug-likeness (QED) is 0.523. The molecule has 21 heavy (non-hydrogen) atoms. The smallest absolute Gasteiger partial charge is 0.174 e. The molecule has 0 N–H and O–H groups in total. The van der Waals surface area contributed by atoms with E-state index in [0.717, 1.165) is 21.3 Å². The zero-order chi connectivity index (χ0) is 14.5. The molecule has 1 heterocycles. The van der Waals surface area contributed by atoms with Gasteiger partial charge < -0.3 is 0 Å². The van der Waals surface area contributed by atoms with E-state index < -0.39 is 0 Å². The van der Waals surface area contributed by atoms with Crippen molar-refractivity contribution in [3.63, 3.8) is 0 Å². The molecule has 104 valence electrons. The number of Topliss-reactive ketones (excluding diaryl/α,β-unsaturated/α-hetero) is 1. The Bertz CT molecular complexity index is 726. The zero-order valence-corrected chi connectivity index (χ0v) is 12.7. The first-order chi connectivity index (χ1) is 10.3. The minimum Gasteiger partial charge on any atom is -0.293 e. The van der Waals surface area contributed by atoms with E-state index in [9.17, 15) is 4.79 Å². The minimum absolute atomic E-state index is 0.108. The normalized spacial score (nSPS) is 10.5. The van der Waals surface area contributed by atoms with E-state index in [1.54, 1.807) is 0 Å². The molecule has 5 heteroatoms. The number of carbonyl (C=O) groups is 1. The summed E-state index contributed by atoms with van der Waals surface area (Å²) in [7, 11) is 0. The van der Waals surface area contributed by atoms with Crippen molar-refractivity contribution in [2.75, 3.05) is 5.75 Å². The van der Waals surface area contributed by atoms with E-state index in [1.807, 2.05) is 60.7 Å². The molecular weight excluding hydrogens is 300 g/mol. The van der Waals surface area contributed by atoms with Crippen molar-refractivity contribution in [1.82, 2.24) is 9.36 Å². The Morgan fingerprint density at radius 3 is 2.38 bits per heavy atom. The van der Waals surface area contributed by atoms with Crippen LogP contribution in [0.2, 0.25) is 0 Å². The van der Waals surface area contributed by atoms with Crippen molar-refractivity contribution in [3.05, 3.63) is 66.2 Å². The predicted molar refractivity (Wildman–Crippen MR) is 86.8 cm³/mol. The first-order valence-electron chi connectivity index (χ1n) is 6.43. The van der Waals surface area contributed by atoms with Crippen LogP contribution < -0.4 is 0 Å². The standard InChI is InChI=1S/C16H12N2OS2/c19-14(12-7-3-1-4-8-12)11-20-16-17-15(18-21-16)13-9-5-2-6-10-13/h1-10H,11H2. The Balaban J connectivity index is 1.64. The first-order valence-corrected chi connectivity index (χ1v) is 8.19. The largest absolute Gasteiger partial charge is 0.293 e. The van der Waals surface area contributed by atoms with Crippen LogP contribution in [0, 0.1) is 0 Å². The summed E-state index contributed by atoms with van der Waals surface area (Å²) in [5.74, 6) is 1.21. The first kappa shape index (κ1) is 14.0. The molecule has 0 aliphatic heterocycles. The number of aromatic nitrogens is 2. The second-order valence-corrected chi connectivity index (χ2v) is 6.30. The van der Waals surface area contributed by atoms with Crippen molar-refractivity contribution < 1.29 is 4.79 Å². The number of carbonyl (C=O) groups excluding carboxylic acids is 1. The Morgan fingerprint density at radius 2 is 1.67 bits per heavy atom. The van der Waals surface area contributed by atoms with E-state index in [4.69, 9.17) is 0 Å². The Labute approximate surface area is 131 Å². The van der Waals surface area contributed by atoms with Gasteiger partial charge in [-0.3, -0.25) is 4.79 Å². The maximum absolute atomic E-state index is 12.0. The fourth-order valence-electron chi connectivity index (χ4n) is 1.81. The third-order valence-corrected chi connectivity index (χ3v) is 4.70. The van der Waals surface area contributed by atoms with Crippen molar-refractivity contribution in [3.8, 4) is 11.4 Å². The van der Waals surface area contributed by atoms with Crippen LogP contribution in [-0.4, -0.2) is 20.9 Å². The van der Waals surface area contributed by atoms with Gasteiger partial charge in [-0.15, -0.1) is 0 Å². The SMILES string of the molecule is O=C(CSc1nc(-c2ccccc2)ns1)c1ccccc1. The van der Waals surface area contributed by atoms with Gasteiger partial charge in [0.05, 0.1) is 5.75 Å². The van der Waals surface area contributed by atoms with Crippen LogP contribution in [0.1, 0.15) is 10.4 Å². The fourth-order valence-corrected chi connectivity index (χ4v) is 3.32. The van der Waals surface area contributed by atoms with Crippen LogP contribution in [0.5, 0.6) is 0 Å². The summed E-state index contributed by atoms with van der Waals surface area (Å²) in [6.45, 7) is 0. The summed E-state index contributed by atoms with van der Waals surface area (Å²) in [5, 5.41) is 0. The summed E-state index contributed by atoms with van der Waals surface area (Å²) in [6, 6.07) is 19.1. The van der Waals surface area contributed by atoms with Crippen LogP contribution >= 0.6 is 23.3 Å². The van der Waals surface area contributed by atoms with E-state index in [2.05, 4.69) is 9.36 Å². The highest BCUT2D eigenvalue weighted by atomic mass is 32.2. The average molecular weight is 312 g/mol. The van der Waals surface area contributed by atoms with Crippen molar-refractivity contribution >= 4 is 29.1 Å². The molecule has 0 aliphatic carbocycles. The molecule has 0 bridgehead atoms. The number of rotatable bonds is 5. The maximum atomic E-state index is 12.0. The van der Waals surface area contributed by atoms with Gasteiger partial charge in [0.25, 0.3) is 0 Å². The number of benzene rings is 2. The number of nitrogens with zero attached hydrogens (tertiary/aromatic N) is 2. The highest BCUT2D eigenvalue weighted by Gasteiger charge is 2.10. The second kappa shape index (κ2) is 6.65. The lowest BCUT2D eigenvalue weighted by molar-refractivity contribution is 0.102. The highest BCUT2D eigenvalue weighted by Crippen LogP contribution is 2.25. The van der Waals surface area contributed by atoms with Crippen LogP contribution in [-0.2, 0) is 0 Å². The molecule has 0 atom stereocenters. The van der Waals surface area contributed by atoms with Gasteiger partial charge in [0.1, 0.15) is 0 Å². The predicted octanol–water partition coefficient (Wildman–Crippen LogP) is 4.18. The Morgan fingerprint density at radius 1 is 1.00 bits per heavy atom. The van der Waals surface area contributed by atoms with Gasteiger partial charge in [0.15, 0.2) is 15.9 Å². The number of ketones is 1. The topological polar surface area (TPSA) is 42.9 Å². The molecule has 3 aromatic rings. The molecule has 0 unspecified atom stereocenters. The number of hydrogen-bond acceptors (Lipinski definition) is 5. The van der Waals surface area contributed by atoms with Crippen LogP contribution in [0.25, 0.3) is 11.4 Å². The van der Waals surface area contributed by atoms with Crippen LogP contribution in [0.4, 0.5) is 0 Å². The lowest BCUT2D eigenvalue weighted by Gasteiger charge is -1.98. The Hall–Kier alpha value is -1.98. The molecule has 3 nitrogen and oxygen atoms in total. The summed E-state index contributed by atoms with van der Waals surface area (Å²) in [4.78, 5) is 16.5. The highest BCUT2D eigenvalue weighted by molar-refractivity contribution is 8.01. The zero-order valence-electron chi connectivity index (χ0n) is 11.1. The second-order valence-electron chi connectivity index (χ2n) is 4.33. The number of thioether (sulfide) groups is 1. The molecular formula is C16H12N2OS2. The van der Waals surface area contributed by atoms with Gasteiger partial charge in [-0.1, -0.05) is 72.4 Å². The number of hydrogen-bond donors (Lipinski definition) is 0. The van der Waals surface area contributed by atoms with E-state index in [1.165, 1.54) is 23.3 Å². The van der Waals surface area contributed by atoms with Crippen molar-refractivity contribution in [2.45, 2.75) is 4.34 Å². The lowest BCUT2D eigenvalue weighted by Crippen LogP contribution is -2.01. The molecule has 0 fully saturated rings. The lowest BCUT2D eigenvalue weighted by atomic mass is 10.2. The third kappa shape index (κ3) is 3.56. The molecule has 0 radical (unpaired) electrons. The fraction of sp³-hybridized carbons (Fsp3) is 0.0625. The van der Waals surface area contributed by atoms with E-state index >= 15 is 0 Å². The Kier molecular flexibility index (Phi) is 4.43. The minimum atomic E-state index is 0.108. The van der Waals surface area contributed by atoms with E-state index in [0.29, 0.717) is 5.75 Å². The molecule has 0 aliphatic rings. The molecule has 1 aromatic heterocycles. The molecule has 0 saturated carbocycles. The average Bonchev–Trinajstić information content (AvgIpc) is 3.03. The molecule has 2 aromatic carbocycles. The molecule has 3 rings (SSSR count). The monoisotopic (exact) mass is 312 g/mol. The van der Waals surface area contributed by atoms with Gasteiger partial charge >= 0.3 is 0 Å². The summed E-state index contributed by atoms with van der Waals surface area (Å²) in [6.07, 6.45) is 0. The van der Waals surface area contributed by atoms with Crippen LogP contribution in [0.3, 0.4) is 0 Å². The summed E-state index contributed by atoms with van der Waals surface area (Å²) in [5.41, 5.74) is 1.73. The van der Waals surface area contributed by atoms with Gasteiger partial charge in [-0.2, -0.15) is 4.37 Å². The van der Waals surface area contributed by atoms with Gasteiger partial charge in [0.2, 0.25) is 0 Å².